The molecule has 1 N–H and O–H groups in total. The molecule has 104 valence electrons. The van der Waals surface area contributed by atoms with Gasteiger partial charge in [-0.05, 0) is 24.9 Å². The molecular formula is C12H18N4OS2. The van der Waals surface area contributed by atoms with Crippen molar-refractivity contribution < 1.29 is 0 Å². The van der Waals surface area contributed by atoms with Crippen molar-refractivity contribution in [3.63, 3.8) is 0 Å². The second-order valence-corrected chi connectivity index (χ2v) is 6.15. The van der Waals surface area contributed by atoms with Gasteiger partial charge >= 0.3 is 0 Å². The van der Waals surface area contributed by atoms with Gasteiger partial charge in [-0.25, -0.2) is 4.98 Å². The van der Waals surface area contributed by atoms with Gasteiger partial charge in [-0.1, -0.05) is 24.7 Å². The zero-order chi connectivity index (χ0) is 13.7. The van der Waals surface area contributed by atoms with Crippen molar-refractivity contribution in [1.82, 2.24) is 14.6 Å². The third-order valence-electron chi connectivity index (χ3n) is 2.61. The van der Waals surface area contributed by atoms with Crippen molar-refractivity contribution in [1.29, 1.82) is 0 Å². The van der Waals surface area contributed by atoms with E-state index in [1.165, 1.54) is 15.9 Å². The van der Waals surface area contributed by atoms with Gasteiger partial charge in [0.25, 0.3) is 5.56 Å². The van der Waals surface area contributed by atoms with Crippen LogP contribution in [0.3, 0.4) is 0 Å². The largest absolute Gasteiger partial charge is 0.360 e. The predicted molar refractivity (Wildman–Crippen MR) is 82.6 cm³/mol. The summed E-state index contributed by atoms with van der Waals surface area (Å²) in [5, 5.41) is 8.26. The maximum Gasteiger partial charge on any atom is 0.275 e. The highest BCUT2D eigenvalue weighted by atomic mass is 32.2. The Morgan fingerprint density at radius 3 is 3.11 bits per heavy atom. The molecule has 0 aromatic carbocycles. The fourth-order valence-electron chi connectivity index (χ4n) is 1.72. The highest BCUT2D eigenvalue weighted by molar-refractivity contribution is 7.98. The Morgan fingerprint density at radius 1 is 1.53 bits per heavy atom. The maximum atomic E-state index is 11.9. The Kier molecular flexibility index (Phi) is 5.21. The molecule has 0 aliphatic carbocycles. The molecule has 0 aliphatic rings. The summed E-state index contributed by atoms with van der Waals surface area (Å²) in [7, 11) is 0. The SMILES string of the molecule is CCCc1cc(=O)n2nc(NCCCSC)sc2n1. The lowest BCUT2D eigenvalue weighted by Crippen LogP contribution is -2.15. The van der Waals surface area contributed by atoms with E-state index in [0.29, 0.717) is 4.96 Å². The van der Waals surface area contributed by atoms with Crippen LogP contribution in [0, 0.1) is 0 Å². The molecule has 2 aromatic heterocycles. The van der Waals surface area contributed by atoms with Crippen LogP contribution in [0.2, 0.25) is 0 Å². The van der Waals surface area contributed by atoms with E-state index in [0.717, 1.165) is 42.4 Å². The molecule has 2 rings (SSSR count). The summed E-state index contributed by atoms with van der Waals surface area (Å²) in [5.74, 6) is 1.12. The predicted octanol–water partition coefficient (Wildman–Crippen LogP) is 2.27. The van der Waals surface area contributed by atoms with Crippen LogP contribution in [0.25, 0.3) is 4.96 Å². The molecular weight excluding hydrogens is 280 g/mol. The number of anilines is 1. The molecule has 0 fully saturated rings. The van der Waals surface area contributed by atoms with Gasteiger partial charge in [0.2, 0.25) is 10.1 Å². The number of aromatic nitrogens is 3. The van der Waals surface area contributed by atoms with Gasteiger partial charge in [-0.2, -0.15) is 16.3 Å². The van der Waals surface area contributed by atoms with Gasteiger partial charge in [-0.15, -0.1) is 5.10 Å². The summed E-state index contributed by atoms with van der Waals surface area (Å²) >= 11 is 3.26. The Morgan fingerprint density at radius 2 is 2.37 bits per heavy atom. The number of nitrogens with one attached hydrogen (secondary N) is 1. The summed E-state index contributed by atoms with van der Waals surface area (Å²) in [4.78, 5) is 17.0. The standard InChI is InChI=1S/C12H18N4OS2/c1-3-5-9-8-10(17)16-12(14-9)19-11(15-16)13-6-4-7-18-2/h8H,3-7H2,1-2H3,(H,13,15). The van der Waals surface area contributed by atoms with Crippen LogP contribution in [0.5, 0.6) is 0 Å². The van der Waals surface area contributed by atoms with Crippen LogP contribution in [0.4, 0.5) is 5.13 Å². The Balaban J connectivity index is 2.15. The number of aryl methyl sites for hydroxylation is 1. The van der Waals surface area contributed by atoms with E-state index in [4.69, 9.17) is 0 Å². The average Bonchev–Trinajstić information content (AvgIpc) is 2.79. The highest BCUT2D eigenvalue weighted by Crippen LogP contribution is 2.16. The highest BCUT2D eigenvalue weighted by Gasteiger charge is 2.08. The molecule has 0 amide bonds. The minimum absolute atomic E-state index is 0.0955. The summed E-state index contributed by atoms with van der Waals surface area (Å²) in [6.07, 6.45) is 5.00. The Hall–Kier alpha value is -1.08. The molecule has 0 atom stereocenters. The van der Waals surface area contributed by atoms with E-state index in [1.807, 2.05) is 11.8 Å². The molecule has 19 heavy (non-hydrogen) atoms. The van der Waals surface area contributed by atoms with Gasteiger partial charge in [0, 0.05) is 18.3 Å². The van der Waals surface area contributed by atoms with Gasteiger partial charge in [0.1, 0.15) is 0 Å². The van der Waals surface area contributed by atoms with Gasteiger partial charge in [0.15, 0.2) is 0 Å². The normalized spacial score (nSPS) is 11.1. The van der Waals surface area contributed by atoms with Gasteiger partial charge in [0.05, 0.1) is 0 Å². The lowest BCUT2D eigenvalue weighted by Gasteiger charge is -1.99. The summed E-state index contributed by atoms with van der Waals surface area (Å²) in [6.45, 7) is 2.95. The molecule has 0 bridgehead atoms. The molecule has 0 saturated carbocycles. The number of hydrogen-bond acceptors (Lipinski definition) is 6. The molecule has 0 radical (unpaired) electrons. The zero-order valence-corrected chi connectivity index (χ0v) is 12.8. The first-order valence-electron chi connectivity index (χ1n) is 6.37. The van der Waals surface area contributed by atoms with Crippen molar-refractivity contribution in [2.45, 2.75) is 26.2 Å². The minimum atomic E-state index is -0.0955. The van der Waals surface area contributed by atoms with Crippen LogP contribution < -0.4 is 10.9 Å². The summed E-state index contributed by atoms with van der Waals surface area (Å²) < 4.78 is 1.38. The van der Waals surface area contributed by atoms with Crippen molar-refractivity contribution in [3.05, 3.63) is 22.1 Å². The quantitative estimate of drug-likeness (QED) is 0.795. The molecule has 7 heteroatoms. The van der Waals surface area contributed by atoms with Crippen LogP contribution in [-0.2, 0) is 6.42 Å². The zero-order valence-electron chi connectivity index (χ0n) is 11.2. The first-order valence-corrected chi connectivity index (χ1v) is 8.58. The van der Waals surface area contributed by atoms with Crippen LogP contribution in [0.1, 0.15) is 25.5 Å². The molecule has 0 aliphatic heterocycles. The van der Waals surface area contributed by atoms with E-state index in [1.54, 1.807) is 6.07 Å². The van der Waals surface area contributed by atoms with Crippen molar-refractivity contribution >= 4 is 33.2 Å². The molecule has 2 aromatic rings. The third-order valence-corrected chi connectivity index (χ3v) is 4.17. The molecule has 0 saturated heterocycles. The second-order valence-electron chi connectivity index (χ2n) is 4.21. The van der Waals surface area contributed by atoms with E-state index >= 15 is 0 Å². The minimum Gasteiger partial charge on any atom is -0.360 e. The van der Waals surface area contributed by atoms with Gasteiger partial charge in [-0.3, -0.25) is 4.79 Å². The van der Waals surface area contributed by atoms with E-state index in [-0.39, 0.29) is 5.56 Å². The number of fused-ring (bicyclic) bond motifs is 1. The van der Waals surface area contributed by atoms with Crippen molar-refractivity contribution in [2.24, 2.45) is 0 Å². The van der Waals surface area contributed by atoms with Crippen LogP contribution in [-0.4, -0.2) is 33.2 Å². The fraction of sp³-hybridized carbons (Fsp3) is 0.583. The topological polar surface area (TPSA) is 59.3 Å². The Bertz CT molecular complexity index is 593. The van der Waals surface area contributed by atoms with Crippen LogP contribution in [0.15, 0.2) is 10.9 Å². The molecule has 0 unspecified atom stereocenters. The molecule has 2 heterocycles. The Labute approximate surface area is 120 Å². The summed E-state index contributed by atoms with van der Waals surface area (Å²) in [6, 6.07) is 1.58. The van der Waals surface area contributed by atoms with Crippen molar-refractivity contribution in [3.8, 4) is 0 Å². The summed E-state index contributed by atoms with van der Waals surface area (Å²) in [5.41, 5.74) is 0.756. The van der Waals surface area contributed by atoms with Crippen molar-refractivity contribution in [2.75, 3.05) is 23.9 Å². The molecule has 5 nitrogen and oxygen atoms in total. The van der Waals surface area contributed by atoms with E-state index in [9.17, 15) is 4.79 Å². The maximum absolute atomic E-state index is 11.9. The molecule has 0 spiro atoms. The second kappa shape index (κ2) is 6.91. The van der Waals surface area contributed by atoms with Gasteiger partial charge < -0.3 is 5.32 Å². The first-order chi connectivity index (χ1) is 9.24. The smallest absolute Gasteiger partial charge is 0.275 e. The monoisotopic (exact) mass is 298 g/mol. The first kappa shape index (κ1) is 14.3. The number of hydrogen-bond donors (Lipinski definition) is 1. The average molecular weight is 298 g/mol. The fourth-order valence-corrected chi connectivity index (χ4v) is 3.01. The number of thioether (sulfide) groups is 1. The van der Waals surface area contributed by atoms with Crippen LogP contribution >= 0.6 is 23.1 Å². The van der Waals surface area contributed by atoms with E-state index < -0.39 is 0 Å². The lowest BCUT2D eigenvalue weighted by atomic mass is 10.2. The number of nitrogens with zero attached hydrogens (tertiary/aromatic N) is 3. The third kappa shape index (κ3) is 3.70. The lowest BCUT2D eigenvalue weighted by molar-refractivity contribution is 0.838. The number of rotatable bonds is 7. The van der Waals surface area contributed by atoms with E-state index in [2.05, 4.69) is 28.6 Å².